The number of primary amides is 1. The highest BCUT2D eigenvalue weighted by atomic mass is 16.2. The predicted octanol–water partition coefficient (Wildman–Crippen LogP) is 0.668. The summed E-state index contributed by atoms with van der Waals surface area (Å²) in [4.78, 5) is 35.3. The van der Waals surface area contributed by atoms with Gasteiger partial charge in [0.15, 0.2) is 0 Å². The molecule has 0 saturated carbocycles. The van der Waals surface area contributed by atoms with Crippen molar-refractivity contribution in [3.8, 4) is 0 Å². The highest BCUT2D eigenvalue weighted by Gasteiger charge is 2.27. The Morgan fingerprint density at radius 2 is 1.74 bits per heavy atom. The third-order valence-electron chi connectivity index (χ3n) is 3.65. The first-order chi connectivity index (χ1) is 10.7. The fourth-order valence-corrected chi connectivity index (χ4v) is 2.30. The summed E-state index contributed by atoms with van der Waals surface area (Å²) < 4.78 is 0. The Labute approximate surface area is 136 Å². The number of benzene rings is 1. The van der Waals surface area contributed by atoms with Crippen LogP contribution >= 0.6 is 0 Å². The highest BCUT2D eigenvalue weighted by Crippen LogP contribution is 2.10. The normalized spacial score (nSPS) is 13.3. The maximum Gasteiger partial charge on any atom is 0.243 e. The third kappa shape index (κ3) is 5.73. The predicted molar refractivity (Wildman–Crippen MR) is 88.5 cm³/mol. The van der Waals surface area contributed by atoms with Gasteiger partial charge in [-0.15, -0.1) is 0 Å². The van der Waals surface area contributed by atoms with Gasteiger partial charge in [-0.3, -0.25) is 14.4 Å². The van der Waals surface area contributed by atoms with E-state index in [0.29, 0.717) is 6.42 Å². The molecule has 0 spiro atoms. The van der Waals surface area contributed by atoms with E-state index in [1.807, 2.05) is 45.0 Å². The van der Waals surface area contributed by atoms with Crippen molar-refractivity contribution in [2.45, 2.75) is 46.2 Å². The minimum atomic E-state index is -0.821. The van der Waals surface area contributed by atoms with Gasteiger partial charge in [-0.1, -0.05) is 38.1 Å². The first-order valence-corrected chi connectivity index (χ1v) is 7.63. The average Bonchev–Trinajstić information content (AvgIpc) is 2.45. The van der Waals surface area contributed by atoms with Gasteiger partial charge in [0.25, 0.3) is 0 Å². The van der Waals surface area contributed by atoms with Crippen LogP contribution in [0.25, 0.3) is 0 Å². The van der Waals surface area contributed by atoms with Crippen molar-refractivity contribution < 1.29 is 14.4 Å². The molecule has 1 aromatic rings. The standard InChI is InChI=1S/C17H25N3O3/c1-10(2)15(19-12(4)21)17(23)20-14(16(18)22)9-13-8-6-5-7-11(13)3/h5-8,10,14-15H,9H2,1-4H3,(H2,18,22)(H,19,21)(H,20,23)/t14-,15-/m1/s1. The Kier molecular flexibility index (Phi) is 6.75. The molecule has 0 aromatic heterocycles. The number of nitrogens with one attached hydrogen (secondary N) is 2. The van der Waals surface area contributed by atoms with Crippen LogP contribution in [0.2, 0.25) is 0 Å². The molecular formula is C17H25N3O3. The van der Waals surface area contributed by atoms with Gasteiger partial charge < -0.3 is 16.4 Å². The van der Waals surface area contributed by atoms with Crippen molar-refractivity contribution in [2.75, 3.05) is 0 Å². The summed E-state index contributed by atoms with van der Waals surface area (Å²) >= 11 is 0. The summed E-state index contributed by atoms with van der Waals surface area (Å²) in [5.74, 6) is -1.42. The molecule has 3 amide bonds. The van der Waals surface area contributed by atoms with Crippen LogP contribution in [0.1, 0.15) is 31.9 Å². The van der Waals surface area contributed by atoms with E-state index in [1.54, 1.807) is 0 Å². The Balaban J connectivity index is 2.86. The van der Waals surface area contributed by atoms with Crippen LogP contribution in [0.5, 0.6) is 0 Å². The molecule has 0 aliphatic heterocycles. The molecule has 4 N–H and O–H groups in total. The quantitative estimate of drug-likeness (QED) is 0.688. The molecule has 23 heavy (non-hydrogen) atoms. The Hall–Kier alpha value is -2.37. The second kappa shape index (κ2) is 8.31. The van der Waals surface area contributed by atoms with Crippen LogP contribution in [0.3, 0.4) is 0 Å². The SMILES string of the molecule is CC(=O)N[C@@H](C(=O)N[C@H](Cc1ccccc1C)C(N)=O)C(C)C. The van der Waals surface area contributed by atoms with Crippen molar-refractivity contribution >= 4 is 17.7 Å². The minimum absolute atomic E-state index is 0.106. The Morgan fingerprint density at radius 1 is 1.13 bits per heavy atom. The molecule has 6 heteroatoms. The molecule has 1 aromatic carbocycles. The van der Waals surface area contributed by atoms with Crippen molar-refractivity contribution in [2.24, 2.45) is 11.7 Å². The molecule has 2 atom stereocenters. The summed E-state index contributed by atoms with van der Waals surface area (Å²) in [6.45, 7) is 6.92. The van der Waals surface area contributed by atoms with E-state index in [1.165, 1.54) is 6.92 Å². The van der Waals surface area contributed by atoms with Gasteiger partial charge in [-0.05, 0) is 24.0 Å². The number of nitrogens with two attached hydrogens (primary N) is 1. The van der Waals surface area contributed by atoms with E-state index in [0.717, 1.165) is 11.1 Å². The molecule has 126 valence electrons. The number of aryl methyl sites for hydroxylation is 1. The molecule has 0 saturated heterocycles. The highest BCUT2D eigenvalue weighted by molar-refractivity contribution is 5.91. The van der Waals surface area contributed by atoms with Crippen LogP contribution in [0, 0.1) is 12.8 Å². The van der Waals surface area contributed by atoms with E-state index >= 15 is 0 Å². The smallest absolute Gasteiger partial charge is 0.243 e. The van der Waals surface area contributed by atoms with E-state index in [9.17, 15) is 14.4 Å². The molecule has 0 radical (unpaired) electrons. The van der Waals surface area contributed by atoms with Gasteiger partial charge in [-0.25, -0.2) is 0 Å². The first-order valence-electron chi connectivity index (χ1n) is 7.63. The largest absolute Gasteiger partial charge is 0.368 e. The molecular weight excluding hydrogens is 294 g/mol. The van der Waals surface area contributed by atoms with E-state index in [2.05, 4.69) is 10.6 Å². The lowest BCUT2D eigenvalue weighted by atomic mass is 9.99. The lowest BCUT2D eigenvalue weighted by molar-refractivity contribution is -0.131. The van der Waals surface area contributed by atoms with Crippen LogP contribution < -0.4 is 16.4 Å². The molecule has 0 fully saturated rings. The summed E-state index contributed by atoms with van der Waals surface area (Å²) in [5, 5.41) is 5.25. The number of amides is 3. The maximum absolute atomic E-state index is 12.4. The summed E-state index contributed by atoms with van der Waals surface area (Å²) in [5.41, 5.74) is 7.38. The lowest BCUT2D eigenvalue weighted by Crippen LogP contribution is -2.55. The monoisotopic (exact) mass is 319 g/mol. The number of rotatable bonds is 7. The van der Waals surface area contributed by atoms with Crippen LogP contribution in [-0.2, 0) is 20.8 Å². The van der Waals surface area contributed by atoms with Crippen LogP contribution in [0.4, 0.5) is 0 Å². The summed E-state index contributed by atoms with van der Waals surface area (Å²) in [7, 11) is 0. The fraction of sp³-hybridized carbons (Fsp3) is 0.471. The number of carbonyl (C=O) groups excluding carboxylic acids is 3. The third-order valence-corrected chi connectivity index (χ3v) is 3.65. The van der Waals surface area contributed by atoms with Gasteiger partial charge in [0.1, 0.15) is 12.1 Å². The van der Waals surface area contributed by atoms with Crippen LogP contribution in [0.15, 0.2) is 24.3 Å². The number of carbonyl (C=O) groups is 3. The summed E-state index contributed by atoms with van der Waals surface area (Å²) in [6.07, 6.45) is 0.318. The zero-order valence-electron chi connectivity index (χ0n) is 14.1. The van der Waals surface area contributed by atoms with Gasteiger partial charge in [0, 0.05) is 13.3 Å². The zero-order valence-corrected chi connectivity index (χ0v) is 14.1. The van der Waals surface area contributed by atoms with Crippen LogP contribution in [-0.4, -0.2) is 29.8 Å². The molecule has 0 aliphatic rings. The lowest BCUT2D eigenvalue weighted by Gasteiger charge is -2.24. The Bertz CT molecular complexity index is 584. The second-order valence-corrected chi connectivity index (χ2v) is 6.02. The topological polar surface area (TPSA) is 101 Å². The molecule has 6 nitrogen and oxygen atoms in total. The fourth-order valence-electron chi connectivity index (χ4n) is 2.30. The number of hydrogen-bond donors (Lipinski definition) is 3. The van der Waals surface area contributed by atoms with Crippen molar-refractivity contribution in [3.63, 3.8) is 0 Å². The van der Waals surface area contributed by atoms with Gasteiger partial charge in [0.05, 0.1) is 0 Å². The Morgan fingerprint density at radius 3 is 2.22 bits per heavy atom. The van der Waals surface area contributed by atoms with Crippen molar-refractivity contribution in [3.05, 3.63) is 35.4 Å². The summed E-state index contributed by atoms with van der Waals surface area (Å²) in [6, 6.07) is 6.08. The van der Waals surface area contributed by atoms with Gasteiger partial charge in [0.2, 0.25) is 17.7 Å². The first kappa shape index (κ1) is 18.7. The molecule has 1 rings (SSSR count). The molecule has 0 unspecified atom stereocenters. The van der Waals surface area contributed by atoms with Crippen molar-refractivity contribution in [1.29, 1.82) is 0 Å². The van der Waals surface area contributed by atoms with Gasteiger partial charge >= 0.3 is 0 Å². The van der Waals surface area contributed by atoms with Gasteiger partial charge in [-0.2, -0.15) is 0 Å². The molecule has 0 aliphatic carbocycles. The minimum Gasteiger partial charge on any atom is -0.368 e. The maximum atomic E-state index is 12.4. The van der Waals surface area contributed by atoms with E-state index in [-0.39, 0.29) is 11.8 Å². The van der Waals surface area contributed by atoms with E-state index in [4.69, 9.17) is 5.73 Å². The number of hydrogen-bond acceptors (Lipinski definition) is 3. The van der Waals surface area contributed by atoms with E-state index < -0.39 is 23.9 Å². The second-order valence-electron chi connectivity index (χ2n) is 6.02. The average molecular weight is 319 g/mol. The van der Waals surface area contributed by atoms with Crippen molar-refractivity contribution in [1.82, 2.24) is 10.6 Å². The zero-order chi connectivity index (χ0) is 17.6. The molecule has 0 bridgehead atoms. The molecule has 0 heterocycles.